The van der Waals surface area contributed by atoms with Crippen molar-refractivity contribution in [1.29, 1.82) is 0 Å². The van der Waals surface area contributed by atoms with Gasteiger partial charge in [0.05, 0.1) is 35.5 Å². The molecule has 1 saturated heterocycles. The first-order chi connectivity index (χ1) is 12.8. The van der Waals surface area contributed by atoms with E-state index in [1.54, 1.807) is 6.92 Å². The Morgan fingerprint density at radius 3 is 2.78 bits per heavy atom. The first kappa shape index (κ1) is 19.9. The second kappa shape index (κ2) is 8.05. The number of aromatic amines is 1. The van der Waals surface area contributed by atoms with Gasteiger partial charge in [-0.25, -0.2) is 9.78 Å². The van der Waals surface area contributed by atoms with Gasteiger partial charge in [-0.1, -0.05) is 34.5 Å². The molecular formula is C16H18Cl2N4O4S. The van der Waals surface area contributed by atoms with Gasteiger partial charge in [0, 0.05) is 18.8 Å². The number of nitrogens with one attached hydrogen (secondary N) is 2. The van der Waals surface area contributed by atoms with E-state index in [2.05, 4.69) is 20.0 Å². The van der Waals surface area contributed by atoms with Crippen molar-refractivity contribution in [3.05, 3.63) is 32.5 Å². The van der Waals surface area contributed by atoms with Crippen LogP contribution in [0.4, 0.5) is 5.13 Å². The van der Waals surface area contributed by atoms with Gasteiger partial charge in [0.1, 0.15) is 10.6 Å². The Hall–Kier alpha value is -1.81. The second-order valence-electron chi connectivity index (χ2n) is 6.13. The third-order valence-electron chi connectivity index (χ3n) is 4.33. The predicted molar refractivity (Wildman–Crippen MR) is 103 cm³/mol. The van der Waals surface area contributed by atoms with Gasteiger partial charge in [0.15, 0.2) is 5.13 Å². The molecule has 2 atom stereocenters. The molecule has 1 aliphatic heterocycles. The highest BCUT2D eigenvalue weighted by Crippen LogP contribution is 2.30. The fraction of sp³-hybridized carbons (Fsp3) is 0.438. The molecule has 0 saturated carbocycles. The minimum absolute atomic E-state index is 0.164. The van der Waals surface area contributed by atoms with Crippen LogP contribution in [0.15, 0.2) is 6.20 Å². The zero-order chi connectivity index (χ0) is 19.7. The quantitative estimate of drug-likeness (QED) is 0.639. The van der Waals surface area contributed by atoms with Crippen molar-refractivity contribution in [2.45, 2.75) is 25.5 Å². The van der Waals surface area contributed by atoms with Crippen molar-refractivity contribution in [3.63, 3.8) is 0 Å². The number of H-pyrrole nitrogens is 1. The number of ether oxygens (including phenoxy) is 1. The lowest BCUT2D eigenvalue weighted by Crippen LogP contribution is -2.54. The number of nitrogens with zero attached hydrogens (tertiary/aromatic N) is 2. The maximum Gasteiger partial charge on any atom is 0.349 e. The third-order valence-corrected chi connectivity index (χ3v) is 6.32. The van der Waals surface area contributed by atoms with Gasteiger partial charge in [0.2, 0.25) is 0 Å². The van der Waals surface area contributed by atoms with Crippen LogP contribution in [0.2, 0.25) is 10.0 Å². The number of β-amino-alcohol motifs (C(OH)–C–C–N with tert-alkyl or cyclic N) is 1. The number of esters is 1. The van der Waals surface area contributed by atoms with Crippen LogP contribution in [-0.4, -0.2) is 59.3 Å². The van der Waals surface area contributed by atoms with Crippen LogP contribution >= 0.6 is 34.5 Å². The highest BCUT2D eigenvalue weighted by atomic mass is 35.5. The Morgan fingerprint density at radius 2 is 2.19 bits per heavy atom. The number of anilines is 1. The van der Waals surface area contributed by atoms with E-state index in [1.165, 1.54) is 24.6 Å². The SMILES string of the molecule is COC(=O)c1cnc(N2CC[C@H](NC(=O)c3[nH]c(C)c(Cl)c3Cl)[C@@H](O)C2)s1. The van der Waals surface area contributed by atoms with E-state index in [9.17, 15) is 14.7 Å². The van der Waals surface area contributed by atoms with Gasteiger partial charge in [-0.2, -0.15) is 0 Å². The number of aliphatic hydroxyl groups is 1. The lowest BCUT2D eigenvalue weighted by atomic mass is 10.0. The molecule has 0 aliphatic carbocycles. The Labute approximate surface area is 169 Å². The molecule has 2 aromatic rings. The molecule has 8 nitrogen and oxygen atoms in total. The standard InChI is InChI=1S/C16H18Cl2N4O4S/c1-7-11(17)12(18)13(20-7)14(24)21-8-3-4-22(6-9(8)23)16-19-5-10(27-16)15(25)26-2/h5,8-9,20,23H,3-4,6H2,1-2H3,(H,21,24)/t8-,9-/m0/s1. The normalized spacial score (nSPS) is 19.8. The van der Waals surface area contributed by atoms with E-state index in [-0.39, 0.29) is 17.3 Å². The number of amides is 1. The average Bonchev–Trinajstić information content (AvgIpc) is 3.24. The Bertz CT molecular complexity index is 869. The minimum atomic E-state index is -0.807. The zero-order valence-corrected chi connectivity index (χ0v) is 16.9. The van der Waals surface area contributed by atoms with Crippen LogP contribution in [-0.2, 0) is 4.74 Å². The number of aliphatic hydroxyl groups excluding tert-OH is 1. The molecule has 3 rings (SSSR count). The number of hydrogen-bond donors (Lipinski definition) is 3. The molecular weight excluding hydrogens is 415 g/mol. The molecule has 1 amide bonds. The van der Waals surface area contributed by atoms with Crippen molar-refractivity contribution in [3.8, 4) is 0 Å². The summed E-state index contributed by atoms with van der Waals surface area (Å²) in [6.45, 7) is 2.56. The summed E-state index contributed by atoms with van der Waals surface area (Å²) in [5.41, 5.74) is 0.781. The molecule has 1 aliphatic rings. The molecule has 2 aromatic heterocycles. The lowest BCUT2D eigenvalue weighted by molar-refractivity contribution is 0.0606. The van der Waals surface area contributed by atoms with E-state index in [0.29, 0.717) is 33.7 Å². The minimum Gasteiger partial charge on any atom is -0.465 e. The van der Waals surface area contributed by atoms with Gasteiger partial charge < -0.3 is 25.0 Å². The summed E-state index contributed by atoms with van der Waals surface area (Å²) in [7, 11) is 1.31. The fourth-order valence-electron chi connectivity index (χ4n) is 2.85. The highest BCUT2D eigenvalue weighted by molar-refractivity contribution is 7.17. The van der Waals surface area contributed by atoms with Gasteiger partial charge >= 0.3 is 5.97 Å². The van der Waals surface area contributed by atoms with E-state index in [4.69, 9.17) is 23.2 Å². The Morgan fingerprint density at radius 1 is 1.44 bits per heavy atom. The number of methoxy groups -OCH3 is 1. The van der Waals surface area contributed by atoms with Crippen molar-refractivity contribution < 1.29 is 19.4 Å². The van der Waals surface area contributed by atoms with Crippen LogP contribution in [0.5, 0.6) is 0 Å². The van der Waals surface area contributed by atoms with Gasteiger partial charge in [-0.05, 0) is 13.3 Å². The number of aromatic nitrogens is 2. The number of hydrogen-bond acceptors (Lipinski definition) is 7. The van der Waals surface area contributed by atoms with Crippen molar-refractivity contribution >= 4 is 51.5 Å². The predicted octanol–water partition coefficient (Wildman–Crippen LogP) is 2.24. The summed E-state index contributed by atoms with van der Waals surface area (Å²) in [5, 5.41) is 14.3. The fourth-order valence-corrected chi connectivity index (χ4v) is 4.13. The molecule has 1 fully saturated rings. The summed E-state index contributed by atoms with van der Waals surface area (Å²) >= 11 is 13.3. The summed E-state index contributed by atoms with van der Waals surface area (Å²) in [4.78, 5) is 33.3. The maximum absolute atomic E-state index is 12.4. The van der Waals surface area contributed by atoms with Crippen LogP contribution in [0.1, 0.15) is 32.3 Å². The first-order valence-electron chi connectivity index (χ1n) is 8.13. The molecule has 0 spiro atoms. The monoisotopic (exact) mass is 432 g/mol. The first-order valence-corrected chi connectivity index (χ1v) is 9.70. The van der Waals surface area contributed by atoms with E-state index in [0.717, 1.165) is 0 Å². The van der Waals surface area contributed by atoms with Gasteiger partial charge in [0.25, 0.3) is 5.91 Å². The van der Waals surface area contributed by atoms with Crippen LogP contribution in [0.25, 0.3) is 0 Å². The number of aryl methyl sites for hydroxylation is 1. The van der Waals surface area contributed by atoms with E-state index < -0.39 is 24.0 Å². The topological polar surface area (TPSA) is 108 Å². The third kappa shape index (κ3) is 4.06. The molecule has 146 valence electrons. The number of halogens is 2. The van der Waals surface area contributed by atoms with E-state index >= 15 is 0 Å². The molecule has 11 heteroatoms. The average molecular weight is 433 g/mol. The van der Waals surface area contributed by atoms with Crippen LogP contribution in [0, 0.1) is 6.92 Å². The van der Waals surface area contributed by atoms with Crippen molar-refractivity contribution in [1.82, 2.24) is 15.3 Å². The largest absolute Gasteiger partial charge is 0.465 e. The Kier molecular flexibility index (Phi) is 5.95. The summed E-state index contributed by atoms with van der Waals surface area (Å²) < 4.78 is 4.67. The smallest absolute Gasteiger partial charge is 0.349 e. The van der Waals surface area contributed by atoms with Crippen LogP contribution in [0.3, 0.4) is 0 Å². The van der Waals surface area contributed by atoms with Crippen molar-refractivity contribution in [2.24, 2.45) is 0 Å². The molecule has 0 aromatic carbocycles. The molecule has 3 heterocycles. The van der Waals surface area contributed by atoms with Crippen LogP contribution < -0.4 is 10.2 Å². The number of piperidine rings is 1. The highest BCUT2D eigenvalue weighted by Gasteiger charge is 2.31. The van der Waals surface area contributed by atoms with E-state index in [1.807, 2.05) is 4.90 Å². The second-order valence-corrected chi connectivity index (χ2v) is 7.90. The summed E-state index contributed by atoms with van der Waals surface area (Å²) in [5.74, 6) is -0.868. The molecule has 3 N–H and O–H groups in total. The molecule has 0 bridgehead atoms. The maximum atomic E-state index is 12.4. The lowest BCUT2D eigenvalue weighted by Gasteiger charge is -2.36. The molecule has 0 unspecified atom stereocenters. The summed E-state index contributed by atoms with van der Waals surface area (Å²) in [6.07, 6.45) is 1.15. The number of carbonyl (C=O) groups is 2. The number of rotatable bonds is 4. The van der Waals surface area contributed by atoms with Crippen molar-refractivity contribution in [2.75, 3.05) is 25.1 Å². The summed E-state index contributed by atoms with van der Waals surface area (Å²) in [6, 6.07) is -0.438. The number of carbonyl (C=O) groups excluding carboxylic acids is 2. The molecule has 27 heavy (non-hydrogen) atoms. The zero-order valence-electron chi connectivity index (χ0n) is 14.6. The molecule has 0 radical (unpaired) electrons. The van der Waals surface area contributed by atoms with Gasteiger partial charge in [-0.3, -0.25) is 4.79 Å². The van der Waals surface area contributed by atoms with Gasteiger partial charge in [-0.15, -0.1) is 0 Å². The number of thiazole rings is 1. The Balaban J connectivity index is 1.63.